The van der Waals surface area contributed by atoms with Crippen LogP contribution in [-0.2, 0) is 14.3 Å². The number of hydrogen-bond acceptors (Lipinski definition) is 5. The maximum absolute atomic E-state index is 12.4. The average Bonchev–Trinajstić information content (AvgIpc) is 3.18. The molecule has 328 valence electrons. The minimum Gasteiger partial charge on any atom is -0.466 e. The zero-order valence-corrected chi connectivity index (χ0v) is 37.2. The summed E-state index contributed by atoms with van der Waals surface area (Å²) in [6.07, 6.45) is 49.2. The third-order valence-electron chi connectivity index (χ3n) is 11.7. The van der Waals surface area contributed by atoms with Crippen LogP contribution in [0.3, 0.4) is 0 Å². The predicted molar refractivity (Wildman–Crippen MR) is 237 cm³/mol. The molecule has 0 spiro atoms. The molecule has 0 aliphatic carbocycles. The minimum atomic E-state index is -0.679. The number of rotatable bonds is 46. The molecule has 0 aromatic carbocycles. The second-order valence-corrected chi connectivity index (χ2v) is 17.2. The number of carbonyl (C=O) groups excluding carboxylic acids is 2. The zero-order valence-electron chi connectivity index (χ0n) is 37.2. The summed E-state index contributed by atoms with van der Waals surface area (Å²) in [6.45, 7) is 4.90. The Morgan fingerprint density at radius 2 is 0.745 bits per heavy atom. The smallest absolute Gasteiger partial charge is 0.305 e. The normalized spacial score (nSPS) is 12.6. The fourth-order valence-electron chi connectivity index (χ4n) is 7.82. The highest BCUT2D eigenvalue weighted by Crippen LogP contribution is 2.17. The van der Waals surface area contributed by atoms with E-state index in [9.17, 15) is 19.8 Å². The maximum atomic E-state index is 12.4. The number of unbranched alkanes of at least 4 members (excludes halogenated alkanes) is 35. The summed E-state index contributed by atoms with van der Waals surface area (Å²) >= 11 is 0. The first kappa shape index (κ1) is 53.9. The second kappa shape index (κ2) is 45.6. The summed E-state index contributed by atoms with van der Waals surface area (Å²) in [7, 11) is 0. The Balaban J connectivity index is 3.49. The van der Waals surface area contributed by atoms with Crippen molar-refractivity contribution < 1.29 is 24.5 Å². The Labute approximate surface area is 343 Å². The highest BCUT2D eigenvalue weighted by Gasteiger charge is 2.20. The molecule has 0 aromatic rings. The molecule has 0 fully saturated rings. The monoisotopic (exact) mass is 780 g/mol. The summed E-state index contributed by atoms with van der Waals surface area (Å²) < 4.78 is 5.43. The van der Waals surface area contributed by atoms with E-state index in [4.69, 9.17) is 4.74 Å². The van der Waals surface area contributed by atoms with Crippen molar-refractivity contribution in [3.05, 3.63) is 0 Å². The molecule has 0 saturated carbocycles. The first-order valence-electron chi connectivity index (χ1n) is 24.8. The van der Waals surface area contributed by atoms with Crippen molar-refractivity contribution in [3.63, 3.8) is 0 Å². The van der Waals surface area contributed by atoms with E-state index in [0.717, 1.165) is 57.8 Å². The van der Waals surface area contributed by atoms with Crippen LogP contribution in [0.1, 0.15) is 277 Å². The minimum absolute atomic E-state index is 0.0245. The third-order valence-corrected chi connectivity index (χ3v) is 11.7. The summed E-state index contributed by atoms with van der Waals surface area (Å²) in [5.74, 6) is -0.0843. The topological polar surface area (TPSA) is 95.9 Å². The molecule has 2 atom stereocenters. The number of carbonyl (C=O) groups is 2. The Kier molecular flexibility index (Phi) is 44.6. The number of esters is 1. The van der Waals surface area contributed by atoms with Crippen LogP contribution in [0.5, 0.6) is 0 Å². The van der Waals surface area contributed by atoms with Crippen LogP contribution < -0.4 is 5.32 Å². The van der Waals surface area contributed by atoms with Crippen LogP contribution >= 0.6 is 0 Å². The van der Waals surface area contributed by atoms with Gasteiger partial charge in [0.05, 0.1) is 25.4 Å². The molecular formula is C49H97NO5. The Morgan fingerprint density at radius 3 is 1.11 bits per heavy atom. The lowest BCUT2D eigenvalue weighted by atomic mass is 10.0. The van der Waals surface area contributed by atoms with Gasteiger partial charge in [0.25, 0.3) is 0 Å². The van der Waals surface area contributed by atoms with Crippen LogP contribution in [0.2, 0.25) is 0 Å². The standard InChI is InChI=1S/C49H97NO5/c1-3-5-7-9-11-13-15-16-17-18-19-20-21-23-25-29-33-37-41-47(52)46(45-51)50-48(53)42-38-34-30-26-24-28-32-36-40-44-55-49(54)43-39-35-31-27-22-14-12-10-8-6-4-2/h46-47,51-52H,3-45H2,1-2H3,(H,50,53). The van der Waals surface area contributed by atoms with E-state index in [2.05, 4.69) is 19.2 Å². The predicted octanol–water partition coefficient (Wildman–Crippen LogP) is 14.4. The van der Waals surface area contributed by atoms with Gasteiger partial charge in [-0.1, -0.05) is 239 Å². The van der Waals surface area contributed by atoms with Crippen molar-refractivity contribution in [1.82, 2.24) is 5.32 Å². The van der Waals surface area contributed by atoms with Crippen LogP contribution in [0.4, 0.5) is 0 Å². The lowest BCUT2D eigenvalue weighted by Gasteiger charge is -2.22. The maximum Gasteiger partial charge on any atom is 0.305 e. The van der Waals surface area contributed by atoms with Gasteiger partial charge < -0.3 is 20.3 Å². The zero-order chi connectivity index (χ0) is 40.1. The first-order chi connectivity index (χ1) is 27.0. The van der Waals surface area contributed by atoms with E-state index in [1.165, 1.54) is 186 Å². The van der Waals surface area contributed by atoms with Crippen LogP contribution in [-0.4, -0.2) is 47.4 Å². The molecule has 2 unspecified atom stereocenters. The number of amides is 1. The molecule has 0 aliphatic heterocycles. The molecule has 0 heterocycles. The van der Waals surface area contributed by atoms with Gasteiger partial charge in [-0.15, -0.1) is 0 Å². The quantitative estimate of drug-likeness (QED) is 0.0422. The van der Waals surface area contributed by atoms with Crippen molar-refractivity contribution in [2.75, 3.05) is 13.2 Å². The molecule has 55 heavy (non-hydrogen) atoms. The van der Waals surface area contributed by atoms with E-state index in [0.29, 0.717) is 25.9 Å². The van der Waals surface area contributed by atoms with E-state index < -0.39 is 12.1 Å². The molecule has 0 bridgehead atoms. The largest absolute Gasteiger partial charge is 0.466 e. The summed E-state index contributed by atoms with van der Waals surface area (Å²) in [5, 5.41) is 23.2. The van der Waals surface area contributed by atoms with Crippen LogP contribution in [0.15, 0.2) is 0 Å². The molecule has 6 heteroatoms. The van der Waals surface area contributed by atoms with Gasteiger partial charge in [-0.3, -0.25) is 9.59 Å². The van der Waals surface area contributed by atoms with Crippen LogP contribution in [0, 0.1) is 0 Å². The Bertz CT molecular complexity index is 776. The molecule has 0 aromatic heterocycles. The van der Waals surface area contributed by atoms with Gasteiger partial charge >= 0.3 is 5.97 Å². The Hall–Kier alpha value is -1.14. The van der Waals surface area contributed by atoms with Crippen molar-refractivity contribution in [2.45, 2.75) is 289 Å². The van der Waals surface area contributed by atoms with E-state index in [-0.39, 0.29) is 18.5 Å². The lowest BCUT2D eigenvalue weighted by molar-refractivity contribution is -0.143. The fraction of sp³-hybridized carbons (Fsp3) is 0.959. The van der Waals surface area contributed by atoms with Gasteiger partial charge in [-0.05, 0) is 25.7 Å². The molecule has 6 nitrogen and oxygen atoms in total. The molecule has 0 rings (SSSR count). The summed E-state index contributed by atoms with van der Waals surface area (Å²) in [5.41, 5.74) is 0. The molecule has 1 amide bonds. The number of aliphatic hydroxyl groups is 2. The van der Waals surface area contributed by atoms with Crippen molar-refractivity contribution in [3.8, 4) is 0 Å². The van der Waals surface area contributed by atoms with E-state index >= 15 is 0 Å². The van der Waals surface area contributed by atoms with Crippen molar-refractivity contribution in [2.24, 2.45) is 0 Å². The average molecular weight is 780 g/mol. The number of nitrogens with one attached hydrogen (secondary N) is 1. The van der Waals surface area contributed by atoms with Gasteiger partial charge in [-0.2, -0.15) is 0 Å². The lowest BCUT2D eigenvalue weighted by Crippen LogP contribution is -2.45. The first-order valence-corrected chi connectivity index (χ1v) is 24.8. The number of hydrogen-bond donors (Lipinski definition) is 3. The second-order valence-electron chi connectivity index (χ2n) is 17.2. The van der Waals surface area contributed by atoms with Gasteiger partial charge in [0.2, 0.25) is 5.91 Å². The van der Waals surface area contributed by atoms with E-state index in [1.54, 1.807) is 0 Å². The van der Waals surface area contributed by atoms with Gasteiger partial charge in [0.15, 0.2) is 0 Å². The van der Waals surface area contributed by atoms with Gasteiger partial charge in [-0.25, -0.2) is 0 Å². The summed E-state index contributed by atoms with van der Waals surface area (Å²) in [4.78, 5) is 24.4. The SMILES string of the molecule is CCCCCCCCCCCCCCCCCCCCC(O)C(CO)NC(=O)CCCCCCCCCCCOC(=O)CCCCCCCCCCCCC. The molecular weight excluding hydrogens is 683 g/mol. The number of aliphatic hydroxyl groups excluding tert-OH is 2. The molecule has 0 aliphatic rings. The molecule has 0 radical (unpaired) electrons. The van der Waals surface area contributed by atoms with Gasteiger partial charge in [0, 0.05) is 12.8 Å². The highest BCUT2D eigenvalue weighted by molar-refractivity contribution is 5.76. The van der Waals surface area contributed by atoms with Crippen molar-refractivity contribution >= 4 is 11.9 Å². The third kappa shape index (κ3) is 42.3. The highest BCUT2D eigenvalue weighted by atomic mass is 16.5. The Morgan fingerprint density at radius 1 is 0.436 bits per heavy atom. The fourth-order valence-corrected chi connectivity index (χ4v) is 7.82. The van der Waals surface area contributed by atoms with Gasteiger partial charge in [0.1, 0.15) is 0 Å². The molecule has 0 saturated heterocycles. The van der Waals surface area contributed by atoms with Crippen molar-refractivity contribution in [1.29, 1.82) is 0 Å². The van der Waals surface area contributed by atoms with E-state index in [1.807, 2.05) is 0 Å². The summed E-state index contributed by atoms with van der Waals surface area (Å²) in [6, 6.07) is -0.559. The van der Waals surface area contributed by atoms with Crippen LogP contribution in [0.25, 0.3) is 0 Å². The number of ether oxygens (including phenoxy) is 1. The molecule has 3 N–H and O–H groups in total.